The van der Waals surface area contributed by atoms with Crippen LogP contribution < -0.4 is 5.32 Å². The van der Waals surface area contributed by atoms with Crippen LogP contribution in [0, 0.1) is 5.92 Å². The van der Waals surface area contributed by atoms with Gasteiger partial charge >= 0.3 is 0 Å². The Hall–Kier alpha value is 0.0500. The Labute approximate surface area is 111 Å². The van der Waals surface area contributed by atoms with Gasteiger partial charge in [-0.15, -0.1) is 11.6 Å². The normalized spacial score (nSPS) is 24.2. The summed E-state index contributed by atoms with van der Waals surface area (Å²) in [6, 6.07) is 5.59. The molecule has 0 heterocycles. The van der Waals surface area contributed by atoms with Crippen LogP contribution in [0.15, 0.2) is 18.2 Å². The van der Waals surface area contributed by atoms with Crippen molar-refractivity contribution in [1.82, 2.24) is 5.32 Å². The number of benzene rings is 1. The van der Waals surface area contributed by atoms with E-state index in [0.29, 0.717) is 11.3 Å². The van der Waals surface area contributed by atoms with E-state index in [-0.39, 0.29) is 0 Å². The summed E-state index contributed by atoms with van der Waals surface area (Å²) in [5, 5.41) is 5.21. The lowest BCUT2D eigenvalue weighted by atomic mass is 9.85. The standard InChI is InChI=1S/C12H14Cl3N/c13-9-4-8(5-9)6-16-7-10-11(14)2-1-3-12(10)15/h1-3,8-9,16H,4-7H2. The summed E-state index contributed by atoms with van der Waals surface area (Å²) in [7, 11) is 0. The highest BCUT2D eigenvalue weighted by atomic mass is 35.5. The van der Waals surface area contributed by atoms with Gasteiger partial charge in [0.1, 0.15) is 0 Å². The molecular weight excluding hydrogens is 264 g/mol. The highest BCUT2D eigenvalue weighted by Gasteiger charge is 2.26. The Kier molecular flexibility index (Phi) is 4.37. The van der Waals surface area contributed by atoms with Gasteiger partial charge in [0.05, 0.1) is 0 Å². The van der Waals surface area contributed by atoms with Crippen molar-refractivity contribution >= 4 is 34.8 Å². The second kappa shape index (κ2) is 5.59. The van der Waals surface area contributed by atoms with Crippen molar-refractivity contribution in [3.63, 3.8) is 0 Å². The maximum Gasteiger partial charge on any atom is 0.0465 e. The molecule has 16 heavy (non-hydrogen) atoms. The maximum atomic E-state index is 6.07. The summed E-state index contributed by atoms with van der Waals surface area (Å²) in [6.07, 6.45) is 2.23. The summed E-state index contributed by atoms with van der Waals surface area (Å²) in [4.78, 5) is 0. The van der Waals surface area contributed by atoms with Gasteiger partial charge in [0.25, 0.3) is 0 Å². The van der Waals surface area contributed by atoms with Crippen LogP contribution in [-0.4, -0.2) is 11.9 Å². The molecule has 88 valence electrons. The van der Waals surface area contributed by atoms with Crippen LogP contribution in [0.1, 0.15) is 18.4 Å². The average molecular weight is 279 g/mol. The molecule has 1 aliphatic rings. The minimum absolute atomic E-state index is 0.385. The maximum absolute atomic E-state index is 6.07. The lowest BCUT2D eigenvalue weighted by Crippen LogP contribution is -2.33. The second-order valence-corrected chi connectivity index (χ2v) is 5.70. The van der Waals surface area contributed by atoms with Crippen molar-refractivity contribution in [3.8, 4) is 0 Å². The van der Waals surface area contributed by atoms with Crippen LogP contribution >= 0.6 is 34.8 Å². The monoisotopic (exact) mass is 277 g/mol. The van der Waals surface area contributed by atoms with Gasteiger partial charge in [-0.05, 0) is 37.4 Å². The average Bonchev–Trinajstić information content (AvgIpc) is 2.19. The molecule has 0 aliphatic heterocycles. The molecule has 4 heteroatoms. The van der Waals surface area contributed by atoms with E-state index in [2.05, 4.69) is 5.32 Å². The molecule has 0 saturated heterocycles. The highest BCUT2D eigenvalue weighted by molar-refractivity contribution is 6.35. The van der Waals surface area contributed by atoms with Crippen LogP contribution in [0.2, 0.25) is 10.0 Å². The van der Waals surface area contributed by atoms with Crippen molar-refractivity contribution in [2.75, 3.05) is 6.54 Å². The van der Waals surface area contributed by atoms with Gasteiger partial charge in [-0.1, -0.05) is 29.3 Å². The third-order valence-electron chi connectivity index (χ3n) is 2.97. The van der Waals surface area contributed by atoms with E-state index in [4.69, 9.17) is 34.8 Å². The van der Waals surface area contributed by atoms with Gasteiger partial charge in [0.2, 0.25) is 0 Å². The van der Waals surface area contributed by atoms with Gasteiger partial charge in [0.15, 0.2) is 0 Å². The summed E-state index contributed by atoms with van der Waals surface area (Å²) >= 11 is 18.1. The van der Waals surface area contributed by atoms with Crippen molar-refractivity contribution in [3.05, 3.63) is 33.8 Å². The SMILES string of the molecule is Clc1cccc(Cl)c1CNCC1CC(Cl)C1. The molecule has 1 N–H and O–H groups in total. The van der Waals surface area contributed by atoms with Gasteiger partial charge in [0, 0.05) is 27.5 Å². The quantitative estimate of drug-likeness (QED) is 0.818. The van der Waals surface area contributed by atoms with E-state index in [9.17, 15) is 0 Å². The molecule has 0 spiro atoms. The van der Waals surface area contributed by atoms with Crippen LogP contribution in [-0.2, 0) is 6.54 Å². The highest BCUT2D eigenvalue weighted by Crippen LogP contribution is 2.31. The number of hydrogen-bond acceptors (Lipinski definition) is 1. The number of hydrogen-bond donors (Lipinski definition) is 1. The lowest BCUT2D eigenvalue weighted by molar-refractivity contribution is 0.308. The Morgan fingerprint density at radius 1 is 1.19 bits per heavy atom. The van der Waals surface area contributed by atoms with Gasteiger partial charge in [-0.3, -0.25) is 0 Å². The largest absolute Gasteiger partial charge is 0.312 e. The van der Waals surface area contributed by atoms with Crippen molar-refractivity contribution in [1.29, 1.82) is 0 Å². The minimum atomic E-state index is 0.385. The van der Waals surface area contributed by atoms with Crippen LogP contribution in [0.4, 0.5) is 0 Å². The van der Waals surface area contributed by atoms with Gasteiger partial charge < -0.3 is 5.32 Å². The van der Waals surface area contributed by atoms with E-state index in [1.54, 1.807) is 0 Å². The first-order valence-corrected chi connectivity index (χ1v) is 6.63. The molecule has 0 atom stereocenters. The fraction of sp³-hybridized carbons (Fsp3) is 0.500. The zero-order chi connectivity index (χ0) is 11.5. The Morgan fingerprint density at radius 3 is 2.38 bits per heavy atom. The van der Waals surface area contributed by atoms with E-state index in [1.807, 2.05) is 18.2 Å². The fourth-order valence-electron chi connectivity index (χ4n) is 1.92. The molecule has 1 aliphatic carbocycles. The first-order chi connectivity index (χ1) is 7.66. The number of halogens is 3. The molecule has 0 radical (unpaired) electrons. The zero-order valence-corrected chi connectivity index (χ0v) is 11.1. The number of rotatable bonds is 4. The third kappa shape index (κ3) is 3.04. The smallest absolute Gasteiger partial charge is 0.0465 e. The van der Waals surface area contributed by atoms with Crippen molar-refractivity contribution in [2.45, 2.75) is 24.8 Å². The predicted molar refractivity (Wildman–Crippen MR) is 70.5 cm³/mol. The topological polar surface area (TPSA) is 12.0 Å². The van der Waals surface area contributed by atoms with Crippen LogP contribution in [0.25, 0.3) is 0 Å². The van der Waals surface area contributed by atoms with Crippen molar-refractivity contribution in [2.24, 2.45) is 5.92 Å². The second-order valence-electron chi connectivity index (χ2n) is 4.27. The fourth-order valence-corrected chi connectivity index (χ4v) is 2.96. The summed E-state index contributed by atoms with van der Waals surface area (Å²) in [5.41, 5.74) is 0.979. The summed E-state index contributed by atoms with van der Waals surface area (Å²) in [5.74, 6) is 0.712. The number of alkyl halides is 1. The molecular formula is C12H14Cl3N. The zero-order valence-electron chi connectivity index (χ0n) is 8.85. The first kappa shape index (κ1) is 12.5. The minimum Gasteiger partial charge on any atom is -0.312 e. The molecule has 1 nitrogen and oxygen atoms in total. The molecule has 1 fully saturated rings. The summed E-state index contributed by atoms with van der Waals surface area (Å²) < 4.78 is 0. The molecule has 1 aromatic carbocycles. The number of nitrogens with one attached hydrogen (secondary N) is 1. The molecule has 2 rings (SSSR count). The Balaban J connectivity index is 1.81. The molecule has 0 unspecified atom stereocenters. The lowest BCUT2D eigenvalue weighted by Gasteiger charge is -2.31. The van der Waals surface area contributed by atoms with Gasteiger partial charge in [-0.25, -0.2) is 0 Å². The van der Waals surface area contributed by atoms with Gasteiger partial charge in [-0.2, -0.15) is 0 Å². The summed E-state index contributed by atoms with van der Waals surface area (Å²) in [6.45, 7) is 1.72. The van der Waals surface area contributed by atoms with E-state index in [0.717, 1.165) is 41.5 Å². The molecule has 1 aromatic rings. The molecule has 1 saturated carbocycles. The first-order valence-electron chi connectivity index (χ1n) is 5.44. The molecule has 0 aromatic heterocycles. The van der Waals surface area contributed by atoms with Crippen LogP contribution in [0.5, 0.6) is 0 Å². The molecule has 0 bridgehead atoms. The third-order valence-corrected chi connectivity index (χ3v) is 4.04. The van der Waals surface area contributed by atoms with Crippen molar-refractivity contribution < 1.29 is 0 Å². The Bertz CT molecular complexity index is 341. The molecule has 0 amide bonds. The Morgan fingerprint density at radius 2 is 1.81 bits per heavy atom. The van der Waals surface area contributed by atoms with E-state index < -0.39 is 0 Å². The van der Waals surface area contributed by atoms with Crippen LogP contribution in [0.3, 0.4) is 0 Å². The predicted octanol–water partition coefficient (Wildman–Crippen LogP) is 4.10. The van der Waals surface area contributed by atoms with E-state index >= 15 is 0 Å². The van der Waals surface area contributed by atoms with E-state index in [1.165, 1.54) is 0 Å².